The van der Waals surface area contributed by atoms with E-state index in [2.05, 4.69) is 5.32 Å². The summed E-state index contributed by atoms with van der Waals surface area (Å²) in [5.41, 5.74) is 0.896. The van der Waals surface area contributed by atoms with Crippen LogP contribution in [0.25, 0.3) is 0 Å². The summed E-state index contributed by atoms with van der Waals surface area (Å²) in [6, 6.07) is 9.09. The maximum absolute atomic E-state index is 11.9. The first-order valence-corrected chi connectivity index (χ1v) is 9.41. The van der Waals surface area contributed by atoms with Gasteiger partial charge in [-0.1, -0.05) is 30.1 Å². The number of carbonyl (C=O) groups excluding carboxylic acids is 1. The van der Waals surface area contributed by atoms with Crippen molar-refractivity contribution in [2.24, 2.45) is 0 Å². The van der Waals surface area contributed by atoms with Crippen molar-refractivity contribution in [3.8, 4) is 5.75 Å². The number of ether oxygens (including phenoxy) is 1. The Labute approximate surface area is 150 Å². The van der Waals surface area contributed by atoms with E-state index in [1.54, 1.807) is 31.2 Å². The SMILES string of the molecule is CCS(=O)(=O)c1ccc(Nc2cc(Cl)ccc2OC(C)=O)c(Cl)c1. The number of hydrogen-bond donors (Lipinski definition) is 1. The lowest BCUT2D eigenvalue weighted by molar-refractivity contribution is -0.131. The Kier molecular flexibility index (Phi) is 5.74. The predicted molar refractivity (Wildman–Crippen MR) is 95.2 cm³/mol. The molecule has 8 heteroatoms. The zero-order valence-corrected chi connectivity index (χ0v) is 15.3. The Hall–Kier alpha value is -1.76. The Bertz CT molecular complexity index is 882. The fourth-order valence-electron chi connectivity index (χ4n) is 1.95. The van der Waals surface area contributed by atoms with Crippen LogP contribution in [0, 0.1) is 0 Å². The Morgan fingerprint density at radius 2 is 1.83 bits per heavy atom. The number of nitrogens with one attached hydrogen (secondary N) is 1. The molecule has 0 atom stereocenters. The first kappa shape index (κ1) is 18.6. The molecule has 1 N–H and O–H groups in total. The summed E-state index contributed by atoms with van der Waals surface area (Å²) in [5.74, 6) is -0.204. The van der Waals surface area contributed by atoms with Crippen LogP contribution in [0.5, 0.6) is 5.75 Å². The van der Waals surface area contributed by atoms with Gasteiger partial charge in [0, 0.05) is 11.9 Å². The molecular formula is C16H15Cl2NO4S. The van der Waals surface area contributed by atoms with Crippen LogP contribution in [0.4, 0.5) is 11.4 Å². The van der Waals surface area contributed by atoms with Gasteiger partial charge < -0.3 is 10.1 Å². The first-order valence-electron chi connectivity index (χ1n) is 7.00. The average Bonchev–Trinajstić information content (AvgIpc) is 2.51. The molecule has 2 aromatic rings. The molecule has 128 valence electrons. The minimum atomic E-state index is -3.34. The second kappa shape index (κ2) is 7.42. The zero-order chi connectivity index (χ0) is 17.9. The summed E-state index contributed by atoms with van der Waals surface area (Å²) in [5, 5.41) is 3.66. The minimum absolute atomic E-state index is 0.0129. The van der Waals surface area contributed by atoms with Gasteiger partial charge in [0.2, 0.25) is 0 Å². The van der Waals surface area contributed by atoms with Gasteiger partial charge in [-0.2, -0.15) is 0 Å². The number of anilines is 2. The van der Waals surface area contributed by atoms with Gasteiger partial charge in [-0.15, -0.1) is 0 Å². The fourth-order valence-corrected chi connectivity index (χ4v) is 3.32. The van der Waals surface area contributed by atoms with Crippen molar-refractivity contribution in [3.63, 3.8) is 0 Å². The lowest BCUT2D eigenvalue weighted by Crippen LogP contribution is -2.05. The van der Waals surface area contributed by atoms with E-state index in [4.69, 9.17) is 27.9 Å². The molecule has 0 spiro atoms. The number of rotatable bonds is 5. The highest BCUT2D eigenvalue weighted by Crippen LogP contribution is 2.34. The van der Waals surface area contributed by atoms with Crippen LogP contribution in [0.2, 0.25) is 10.0 Å². The van der Waals surface area contributed by atoms with E-state index in [1.165, 1.54) is 19.1 Å². The summed E-state index contributed by atoms with van der Waals surface area (Å²) >= 11 is 12.1. The smallest absolute Gasteiger partial charge is 0.308 e. The van der Waals surface area contributed by atoms with Crippen LogP contribution in [0.3, 0.4) is 0 Å². The highest BCUT2D eigenvalue weighted by Gasteiger charge is 2.15. The topological polar surface area (TPSA) is 72.5 Å². The summed E-state index contributed by atoms with van der Waals surface area (Å²) in [6.45, 7) is 2.85. The summed E-state index contributed by atoms with van der Waals surface area (Å²) in [4.78, 5) is 11.3. The maximum atomic E-state index is 11.9. The third kappa shape index (κ3) is 4.41. The van der Waals surface area contributed by atoms with E-state index in [0.717, 1.165) is 0 Å². The molecule has 0 radical (unpaired) electrons. The molecule has 0 bridgehead atoms. The van der Waals surface area contributed by atoms with Crippen molar-refractivity contribution < 1.29 is 17.9 Å². The number of benzene rings is 2. The highest BCUT2D eigenvalue weighted by molar-refractivity contribution is 7.91. The van der Waals surface area contributed by atoms with Gasteiger partial charge in [-0.25, -0.2) is 8.42 Å². The van der Waals surface area contributed by atoms with Crippen molar-refractivity contribution in [3.05, 3.63) is 46.4 Å². The molecular weight excluding hydrogens is 373 g/mol. The normalized spacial score (nSPS) is 11.2. The molecule has 24 heavy (non-hydrogen) atoms. The van der Waals surface area contributed by atoms with Crippen LogP contribution < -0.4 is 10.1 Å². The molecule has 2 aromatic carbocycles. The molecule has 0 saturated heterocycles. The second-order valence-corrected chi connectivity index (χ2v) is 8.03. The second-order valence-electron chi connectivity index (χ2n) is 4.90. The van der Waals surface area contributed by atoms with Crippen LogP contribution in [0.15, 0.2) is 41.3 Å². The van der Waals surface area contributed by atoms with E-state index in [0.29, 0.717) is 16.4 Å². The Morgan fingerprint density at radius 3 is 2.42 bits per heavy atom. The molecule has 0 aliphatic rings. The molecule has 2 rings (SSSR count). The summed E-state index contributed by atoms with van der Waals surface area (Å²) in [6.07, 6.45) is 0. The average molecular weight is 388 g/mol. The molecule has 0 saturated carbocycles. The predicted octanol–water partition coefficient (Wildman–Crippen LogP) is 4.46. The van der Waals surface area contributed by atoms with E-state index < -0.39 is 15.8 Å². The molecule has 0 aliphatic heterocycles. The van der Waals surface area contributed by atoms with Crippen molar-refractivity contribution in [2.45, 2.75) is 18.7 Å². The van der Waals surface area contributed by atoms with Gasteiger partial charge in [0.15, 0.2) is 15.6 Å². The number of sulfone groups is 1. The van der Waals surface area contributed by atoms with Crippen LogP contribution >= 0.6 is 23.2 Å². The molecule has 0 amide bonds. The van der Waals surface area contributed by atoms with E-state index in [9.17, 15) is 13.2 Å². The van der Waals surface area contributed by atoms with E-state index >= 15 is 0 Å². The van der Waals surface area contributed by atoms with Gasteiger partial charge in [0.05, 0.1) is 27.0 Å². The van der Waals surface area contributed by atoms with Crippen LogP contribution in [-0.4, -0.2) is 20.1 Å². The van der Waals surface area contributed by atoms with Gasteiger partial charge in [0.1, 0.15) is 0 Å². The third-order valence-corrected chi connectivity index (χ3v) is 5.42. The van der Waals surface area contributed by atoms with Gasteiger partial charge in [-0.3, -0.25) is 4.79 Å². The lowest BCUT2D eigenvalue weighted by atomic mass is 10.2. The lowest BCUT2D eigenvalue weighted by Gasteiger charge is -2.14. The van der Waals surface area contributed by atoms with Crippen molar-refractivity contribution in [1.29, 1.82) is 0 Å². The van der Waals surface area contributed by atoms with Gasteiger partial charge in [-0.05, 0) is 36.4 Å². The number of hydrogen-bond acceptors (Lipinski definition) is 5. The highest BCUT2D eigenvalue weighted by atomic mass is 35.5. The number of carbonyl (C=O) groups is 1. The standard InChI is InChI=1S/C16H15Cl2NO4S/c1-3-24(21,22)12-5-6-14(13(18)9-12)19-15-8-11(17)4-7-16(15)23-10(2)20/h4-9,19H,3H2,1-2H3. The maximum Gasteiger partial charge on any atom is 0.308 e. The van der Waals surface area contributed by atoms with Crippen LogP contribution in [0.1, 0.15) is 13.8 Å². The largest absolute Gasteiger partial charge is 0.424 e. The first-order chi connectivity index (χ1) is 11.2. The zero-order valence-electron chi connectivity index (χ0n) is 13.0. The van der Waals surface area contributed by atoms with Crippen LogP contribution in [-0.2, 0) is 14.6 Å². The number of halogens is 2. The van der Waals surface area contributed by atoms with Crippen molar-refractivity contribution in [1.82, 2.24) is 0 Å². The van der Waals surface area contributed by atoms with Gasteiger partial charge >= 0.3 is 5.97 Å². The van der Waals surface area contributed by atoms with E-state index in [1.807, 2.05) is 0 Å². The fraction of sp³-hybridized carbons (Fsp3) is 0.188. The van der Waals surface area contributed by atoms with Gasteiger partial charge in [0.25, 0.3) is 0 Å². The van der Waals surface area contributed by atoms with Crippen molar-refractivity contribution in [2.75, 3.05) is 11.1 Å². The Morgan fingerprint density at radius 1 is 1.12 bits per heavy atom. The Balaban J connectivity index is 2.38. The third-order valence-electron chi connectivity index (χ3n) is 3.14. The molecule has 0 aromatic heterocycles. The molecule has 5 nitrogen and oxygen atoms in total. The molecule has 0 aliphatic carbocycles. The summed E-state index contributed by atoms with van der Waals surface area (Å²) in [7, 11) is -3.34. The molecule has 0 fully saturated rings. The molecule has 0 unspecified atom stereocenters. The van der Waals surface area contributed by atoms with E-state index in [-0.39, 0.29) is 21.4 Å². The monoisotopic (exact) mass is 387 g/mol. The van der Waals surface area contributed by atoms with Crippen molar-refractivity contribution >= 4 is 50.4 Å². The minimum Gasteiger partial charge on any atom is -0.424 e. The quantitative estimate of drug-likeness (QED) is 0.605. The molecule has 0 heterocycles. The number of esters is 1. The summed E-state index contributed by atoms with van der Waals surface area (Å²) < 4.78 is 28.9.